The van der Waals surface area contributed by atoms with Crippen LogP contribution in [0.25, 0.3) is 21.3 Å². The molecule has 2 amide bonds. The molecular weight excluding hydrogens is 507 g/mol. The highest BCUT2D eigenvalue weighted by atomic mass is 35.5. The van der Waals surface area contributed by atoms with Gasteiger partial charge in [0.1, 0.15) is 21.9 Å². The van der Waals surface area contributed by atoms with Gasteiger partial charge < -0.3 is 11.1 Å². The first-order chi connectivity index (χ1) is 16.4. The number of nitrogens with one attached hydrogen (secondary N) is 1. The van der Waals surface area contributed by atoms with Crippen molar-refractivity contribution in [1.29, 1.82) is 0 Å². The molecule has 0 unspecified atom stereocenters. The molecule has 0 radical (unpaired) electrons. The molecule has 0 aliphatic rings. The van der Waals surface area contributed by atoms with Crippen LogP contribution in [0.15, 0.2) is 18.5 Å². The van der Waals surface area contributed by atoms with E-state index in [-0.39, 0.29) is 32.9 Å². The average Bonchev–Trinajstić information content (AvgIpc) is 3.44. The summed E-state index contributed by atoms with van der Waals surface area (Å²) in [6.45, 7) is 5.42. The Morgan fingerprint density at radius 2 is 1.97 bits per heavy atom. The number of fused-ring (bicyclic) bond motifs is 1. The van der Waals surface area contributed by atoms with Gasteiger partial charge in [-0.3, -0.25) is 19.0 Å². The molecule has 0 bridgehead atoms. The van der Waals surface area contributed by atoms with Crippen molar-refractivity contribution in [3.63, 3.8) is 0 Å². The van der Waals surface area contributed by atoms with E-state index in [1.807, 2.05) is 6.92 Å². The van der Waals surface area contributed by atoms with Gasteiger partial charge in [0.25, 0.3) is 5.91 Å². The normalized spacial score (nSPS) is 11.9. The summed E-state index contributed by atoms with van der Waals surface area (Å²) in [5, 5.41) is 11.5. The molecule has 0 saturated heterocycles. The Labute approximate surface area is 205 Å². The fourth-order valence-corrected chi connectivity index (χ4v) is 4.74. The third-order valence-corrected chi connectivity index (χ3v) is 6.81. The second-order valence-electron chi connectivity index (χ2n) is 7.67. The van der Waals surface area contributed by atoms with E-state index in [1.165, 1.54) is 10.9 Å². The second-order valence-corrected chi connectivity index (χ2v) is 9.08. The molecule has 0 saturated carbocycles. The summed E-state index contributed by atoms with van der Waals surface area (Å²) >= 11 is 6.66. The van der Waals surface area contributed by atoms with Crippen LogP contribution in [0.4, 0.5) is 18.9 Å². The molecule has 4 rings (SSSR count). The SMILES string of the molecule is CCn1cc(-c2cc(C(F)(F)F)nc3sc(C(N)=O)c(NC(=O)Cn4ncc(Cl)c4C)c23)c(C)n1. The van der Waals surface area contributed by atoms with Crippen LogP contribution >= 0.6 is 22.9 Å². The zero-order chi connectivity index (χ0) is 25.7. The maximum Gasteiger partial charge on any atom is 0.433 e. The Hall–Kier alpha value is -3.45. The van der Waals surface area contributed by atoms with Crippen molar-refractivity contribution in [2.45, 2.75) is 40.0 Å². The average molecular weight is 526 g/mol. The highest BCUT2D eigenvalue weighted by Gasteiger charge is 2.35. The molecule has 0 aromatic carbocycles. The Morgan fingerprint density at radius 3 is 2.51 bits per heavy atom. The zero-order valence-electron chi connectivity index (χ0n) is 18.7. The minimum atomic E-state index is -4.74. The van der Waals surface area contributed by atoms with Gasteiger partial charge in [-0.25, -0.2) is 4.98 Å². The number of thiophene rings is 1. The number of nitrogens with zero attached hydrogens (tertiary/aromatic N) is 5. The number of anilines is 1. The van der Waals surface area contributed by atoms with Gasteiger partial charge in [-0.1, -0.05) is 11.6 Å². The van der Waals surface area contributed by atoms with Crippen LogP contribution in [0.5, 0.6) is 0 Å². The molecule has 14 heteroatoms. The van der Waals surface area contributed by atoms with E-state index in [9.17, 15) is 22.8 Å². The lowest BCUT2D eigenvalue weighted by Crippen LogP contribution is -2.22. The molecule has 3 N–H and O–H groups in total. The summed E-state index contributed by atoms with van der Waals surface area (Å²) in [7, 11) is 0. The van der Waals surface area contributed by atoms with Crippen molar-refractivity contribution in [3.05, 3.63) is 45.4 Å². The number of carbonyl (C=O) groups excluding carboxylic acids is 2. The van der Waals surface area contributed by atoms with E-state index < -0.39 is 23.7 Å². The standard InChI is InChI=1S/C21H19ClF3N7O2S/c1-4-31-7-12(9(2)30-31)11-5-14(21(23,24)25)28-20-16(11)17(18(35-20)19(26)34)29-15(33)8-32-10(3)13(22)6-27-32/h5-7H,4,8H2,1-3H3,(H2,26,34)(H,29,33). The molecule has 0 fully saturated rings. The van der Waals surface area contributed by atoms with E-state index in [0.717, 1.165) is 6.07 Å². The number of aryl methyl sites for hydroxylation is 2. The lowest BCUT2D eigenvalue weighted by Gasteiger charge is -2.12. The quantitative estimate of drug-likeness (QED) is 0.386. The number of amides is 2. The van der Waals surface area contributed by atoms with Crippen LogP contribution < -0.4 is 11.1 Å². The number of primary amides is 1. The van der Waals surface area contributed by atoms with Crippen LogP contribution in [0.3, 0.4) is 0 Å². The van der Waals surface area contributed by atoms with Gasteiger partial charge in [0, 0.05) is 23.7 Å². The molecule has 4 heterocycles. The van der Waals surface area contributed by atoms with Crippen LogP contribution in [0.2, 0.25) is 5.02 Å². The summed E-state index contributed by atoms with van der Waals surface area (Å²) in [6, 6.07) is 0.886. The highest BCUT2D eigenvalue weighted by Crippen LogP contribution is 2.44. The first kappa shape index (κ1) is 24.7. The Kier molecular flexibility index (Phi) is 6.32. The number of halogens is 4. The van der Waals surface area contributed by atoms with E-state index in [0.29, 0.717) is 39.9 Å². The number of hydrogen-bond acceptors (Lipinski definition) is 6. The van der Waals surface area contributed by atoms with Crippen molar-refractivity contribution in [3.8, 4) is 11.1 Å². The van der Waals surface area contributed by atoms with Gasteiger partial charge in [-0.05, 0) is 32.4 Å². The third kappa shape index (κ3) is 4.60. The summed E-state index contributed by atoms with van der Waals surface area (Å²) < 4.78 is 44.0. The molecule has 0 spiro atoms. The summed E-state index contributed by atoms with van der Waals surface area (Å²) in [6.07, 6.45) is -1.75. The number of nitrogens with two attached hydrogens (primary N) is 1. The fraction of sp³-hybridized carbons (Fsp3) is 0.286. The summed E-state index contributed by atoms with van der Waals surface area (Å²) in [5.74, 6) is -1.50. The van der Waals surface area contributed by atoms with Crippen molar-refractivity contribution < 1.29 is 22.8 Å². The van der Waals surface area contributed by atoms with Crippen LogP contribution in [-0.4, -0.2) is 36.4 Å². The third-order valence-electron chi connectivity index (χ3n) is 5.34. The van der Waals surface area contributed by atoms with Crippen LogP contribution in [0, 0.1) is 13.8 Å². The van der Waals surface area contributed by atoms with E-state index in [1.54, 1.807) is 24.7 Å². The van der Waals surface area contributed by atoms with Gasteiger partial charge in [0.05, 0.1) is 28.3 Å². The zero-order valence-corrected chi connectivity index (χ0v) is 20.3. The number of alkyl halides is 3. The van der Waals surface area contributed by atoms with Gasteiger partial charge in [-0.2, -0.15) is 23.4 Å². The van der Waals surface area contributed by atoms with Crippen molar-refractivity contribution in [2.24, 2.45) is 5.73 Å². The lowest BCUT2D eigenvalue weighted by atomic mass is 10.0. The van der Waals surface area contributed by atoms with Gasteiger partial charge in [0.15, 0.2) is 0 Å². The molecule has 4 aromatic rings. The van der Waals surface area contributed by atoms with Gasteiger partial charge in [0.2, 0.25) is 5.91 Å². The maximum absolute atomic E-state index is 13.7. The molecule has 0 aliphatic heterocycles. The minimum absolute atomic E-state index is 0.0155. The number of hydrogen-bond donors (Lipinski definition) is 2. The molecule has 9 nitrogen and oxygen atoms in total. The predicted molar refractivity (Wildman–Crippen MR) is 125 cm³/mol. The molecule has 4 aromatic heterocycles. The lowest BCUT2D eigenvalue weighted by molar-refractivity contribution is -0.140. The first-order valence-electron chi connectivity index (χ1n) is 10.3. The highest BCUT2D eigenvalue weighted by molar-refractivity contribution is 7.21. The molecule has 184 valence electrons. The number of pyridine rings is 1. The Bertz CT molecular complexity index is 1470. The number of aromatic nitrogens is 5. The second kappa shape index (κ2) is 8.96. The Morgan fingerprint density at radius 1 is 1.26 bits per heavy atom. The maximum atomic E-state index is 13.7. The Balaban J connectivity index is 1.92. The molecule has 35 heavy (non-hydrogen) atoms. The van der Waals surface area contributed by atoms with E-state index in [4.69, 9.17) is 17.3 Å². The van der Waals surface area contributed by atoms with Crippen LogP contribution in [-0.2, 0) is 24.1 Å². The number of rotatable bonds is 6. The fourth-order valence-electron chi connectivity index (χ4n) is 3.59. The monoisotopic (exact) mass is 525 g/mol. The van der Waals surface area contributed by atoms with Crippen LogP contribution in [0.1, 0.15) is 33.7 Å². The van der Waals surface area contributed by atoms with Gasteiger partial charge in [-0.15, -0.1) is 11.3 Å². The van der Waals surface area contributed by atoms with Gasteiger partial charge >= 0.3 is 6.18 Å². The molecular formula is C21H19ClF3N7O2S. The topological polar surface area (TPSA) is 121 Å². The van der Waals surface area contributed by atoms with E-state index >= 15 is 0 Å². The summed E-state index contributed by atoms with van der Waals surface area (Å²) in [4.78, 5) is 28.6. The summed E-state index contributed by atoms with van der Waals surface area (Å²) in [5.41, 5.74) is 5.91. The van der Waals surface area contributed by atoms with Crippen molar-refractivity contribution >= 4 is 50.7 Å². The predicted octanol–water partition coefficient (Wildman–Crippen LogP) is 4.40. The molecule has 0 aliphatic carbocycles. The van der Waals surface area contributed by atoms with Crippen molar-refractivity contribution in [2.75, 3.05) is 5.32 Å². The smallest absolute Gasteiger partial charge is 0.365 e. The largest absolute Gasteiger partial charge is 0.433 e. The number of carbonyl (C=O) groups is 2. The molecule has 0 atom stereocenters. The minimum Gasteiger partial charge on any atom is -0.365 e. The van der Waals surface area contributed by atoms with Crippen molar-refractivity contribution in [1.82, 2.24) is 24.5 Å². The first-order valence-corrected chi connectivity index (χ1v) is 11.5. The van der Waals surface area contributed by atoms with E-state index in [2.05, 4.69) is 20.5 Å².